The Bertz CT molecular complexity index is 964. The summed E-state index contributed by atoms with van der Waals surface area (Å²) >= 11 is 2.65. The molecule has 0 amide bonds. The summed E-state index contributed by atoms with van der Waals surface area (Å²) in [4.78, 5) is 35.7. The number of nitrogens with zero attached hydrogens (tertiary/aromatic N) is 3. The van der Waals surface area contributed by atoms with Gasteiger partial charge in [-0.25, -0.2) is 9.97 Å². The van der Waals surface area contributed by atoms with E-state index in [2.05, 4.69) is 15.0 Å². The van der Waals surface area contributed by atoms with Crippen molar-refractivity contribution >= 4 is 39.0 Å². The van der Waals surface area contributed by atoms with Crippen molar-refractivity contribution < 1.29 is 4.92 Å². The molecule has 3 rings (SSSR count). The molecule has 1 N–H and O–H groups in total. The van der Waals surface area contributed by atoms with Crippen molar-refractivity contribution in [2.45, 2.75) is 24.6 Å². The number of hydrogen-bond acceptors (Lipinski definition) is 7. The molecule has 0 spiro atoms. The summed E-state index contributed by atoms with van der Waals surface area (Å²) in [5, 5.41) is 11.9. The Hall–Kier alpha value is -2.26. The minimum Gasteiger partial charge on any atom is -0.309 e. The highest BCUT2D eigenvalue weighted by Gasteiger charge is 2.16. The molecule has 118 valence electrons. The average Bonchev–Trinajstić information content (AvgIpc) is 2.80. The zero-order valence-electron chi connectivity index (χ0n) is 12.3. The summed E-state index contributed by atoms with van der Waals surface area (Å²) in [6.07, 6.45) is 1.50. The zero-order chi connectivity index (χ0) is 16.6. The first-order chi connectivity index (χ1) is 11.0. The fraction of sp³-hybridized carbons (Fsp3) is 0.214. The quantitative estimate of drug-likeness (QED) is 0.441. The minimum absolute atomic E-state index is 0.0521. The van der Waals surface area contributed by atoms with Crippen LogP contribution in [0.25, 0.3) is 10.2 Å². The highest BCUT2D eigenvalue weighted by Crippen LogP contribution is 2.29. The third-order valence-electron chi connectivity index (χ3n) is 3.38. The number of aryl methyl sites for hydroxylation is 2. The number of aromatic nitrogens is 3. The Morgan fingerprint density at radius 1 is 1.43 bits per heavy atom. The van der Waals surface area contributed by atoms with E-state index < -0.39 is 4.92 Å². The monoisotopic (exact) mass is 348 g/mol. The van der Waals surface area contributed by atoms with Crippen LogP contribution in [-0.2, 0) is 5.75 Å². The molecular formula is C14H12N4O3S2. The van der Waals surface area contributed by atoms with Crippen LogP contribution >= 0.6 is 23.1 Å². The first kappa shape index (κ1) is 15.6. The van der Waals surface area contributed by atoms with Gasteiger partial charge in [-0.15, -0.1) is 11.3 Å². The molecule has 0 atom stereocenters. The van der Waals surface area contributed by atoms with Crippen molar-refractivity contribution in [1.29, 1.82) is 0 Å². The van der Waals surface area contributed by atoms with Gasteiger partial charge in [0.15, 0.2) is 5.03 Å². The number of pyridine rings is 1. The molecule has 0 saturated heterocycles. The van der Waals surface area contributed by atoms with Gasteiger partial charge in [0.05, 0.1) is 16.1 Å². The zero-order valence-corrected chi connectivity index (χ0v) is 14.0. The van der Waals surface area contributed by atoms with Gasteiger partial charge < -0.3 is 4.98 Å². The molecule has 7 nitrogen and oxygen atoms in total. The molecule has 23 heavy (non-hydrogen) atoms. The molecule has 3 aromatic heterocycles. The third kappa shape index (κ3) is 2.97. The van der Waals surface area contributed by atoms with Gasteiger partial charge in [-0.2, -0.15) is 0 Å². The average molecular weight is 348 g/mol. The van der Waals surface area contributed by atoms with Gasteiger partial charge in [0.2, 0.25) is 0 Å². The van der Waals surface area contributed by atoms with Gasteiger partial charge in [-0.1, -0.05) is 11.8 Å². The van der Waals surface area contributed by atoms with Crippen LogP contribution in [0.3, 0.4) is 0 Å². The summed E-state index contributed by atoms with van der Waals surface area (Å²) in [6.45, 7) is 3.85. The van der Waals surface area contributed by atoms with E-state index in [-0.39, 0.29) is 11.2 Å². The lowest BCUT2D eigenvalue weighted by Crippen LogP contribution is -2.10. The van der Waals surface area contributed by atoms with Crippen LogP contribution in [0.5, 0.6) is 0 Å². The van der Waals surface area contributed by atoms with Crippen LogP contribution < -0.4 is 5.56 Å². The Morgan fingerprint density at radius 2 is 2.22 bits per heavy atom. The predicted octanol–water partition coefficient (Wildman–Crippen LogP) is 3.20. The maximum absolute atomic E-state index is 12.2. The van der Waals surface area contributed by atoms with E-state index in [4.69, 9.17) is 0 Å². The number of H-pyrrole nitrogens is 1. The second-order valence-electron chi connectivity index (χ2n) is 4.85. The van der Waals surface area contributed by atoms with Gasteiger partial charge in [0.1, 0.15) is 10.7 Å². The molecule has 0 bridgehead atoms. The lowest BCUT2D eigenvalue weighted by molar-refractivity contribution is -0.388. The van der Waals surface area contributed by atoms with E-state index in [0.717, 1.165) is 10.4 Å². The van der Waals surface area contributed by atoms with Crippen LogP contribution in [0, 0.1) is 24.0 Å². The fourth-order valence-corrected chi connectivity index (χ4v) is 4.02. The van der Waals surface area contributed by atoms with Crippen molar-refractivity contribution in [3.8, 4) is 0 Å². The fourth-order valence-electron chi connectivity index (χ4n) is 2.14. The molecule has 0 radical (unpaired) electrons. The van der Waals surface area contributed by atoms with Gasteiger partial charge in [-0.3, -0.25) is 14.9 Å². The van der Waals surface area contributed by atoms with Crippen molar-refractivity contribution in [3.05, 3.63) is 55.1 Å². The standard InChI is InChI=1S/C14H12N4O3S2/c1-7-8(2)23-14-11(7)12(19)16-10(17-14)6-22-13-9(18(20)21)4-3-5-15-13/h3-5H,6H2,1-2H3,(H,16,17,19). The number of thioether (sulfide) groups is 1. The summed E-state index contributed by atoms with van der Waals surface area (Å²) in [5.74, 6) is 0.785. The second-order valence-corrected chi connectivity index (χ2v) is 7.02. The van der Waals surface area contributed by atoms with Crippen molar-refractivity contribution in [1.82, 2.24) is 15.0 Å². The molecule has 3 heterocycles. The molecular weight excluding hydrogens is 336 g/mol. The Balaban J connectivity index is 1.91. The SMILES string of the molecule is Cc1sc2nc(CSc3ncccc3[N+](=O)[O-])[nH]c(=O)c2c1C. The molecule has 3 aromatic rings. The van der Waals surface area contributed by atoms with Gasteiger partial charge >= 0.3 is 5.69 Å². The maximum Gasteiger partial charge on any atom is 0.301 e. The van der Waals surface area contributed by atoms with E-state index in [9.17, 15) is 14.9 Å². The highest BCUT2D eigenvalue weighted by molar-refractivity contribution is 7.98. The van der Waals surface area contributed by atoms with Crippen LogP contribution in [-0.4, -0.2) is 19.9 Å². The third-order valence-corrected chi connectivity index (χ3v) is 5.49. The maximum atomic E-state index is 12.2. The molecule has 0 aromatic carbocycles. The highest BCUT2D eigenvalue weighted by atomic mass is 32.2. The van der Waals surface area contributed by atoms with Crippen LogP contribution in [0.1, 0.15) is 16.3 Å². The summed E-state index contributed by atoms with van der Waals surface area (Å²) in [6, 6.07) is 2.92. The summed E-state index contributed by atoms with van der Waals surface area (Å²) in [5.41, 5.74) is 0.713. The van der Waals surface area contributed by atoms with Crippen molar-refractivity contribution in [2.24, 2.45) is 0 Å². The smallest absolute Gasteiger partial charge is 0.301 e. The van der Waals surface area contributed by atoms with Gasteiger partial charge in [0.25, 0.3) is 5.56 Å². The van der Waals surface area contributed by atoms with E-state index >= 15 is 0 Å². The number of fused-ring (bicyclic) bond motifs is 1. The second kappa shape index (κ2) is 6.09. The molecule has 0 aliphatic heterocycles. The number of nitro groups is 1. The van der Waals surface area contributed by atoms with E-state index in [1.54, 1.807) is 0 Å². The first-order valence-electron chi connectivity index (χ1n) is 6.68. The lowest BCUT2D eigenvalue weighted by Gasteiger charge is -2.02. The predicted molar refractivity (Wildman–Crippen MR) is 90.2 cm³/mol. The lowest BCUT2D eigenvalue weighted by atomic mass is 10.2. The Labute approximate surface area is 139 Å². The van der Waals surface area contributed by atoms with Crippen LogP contribution in [0.15, 0.2) is 28.2 Å². The normalized spacial score (nSPS) is 11.0. The topological polar surface area (TPSA) is 102 Å². The van der Waals surface area contributed by atoms with E-state index in [1.807, 2.05) is 13.8 Å². The Kier molecular flexibility index (Phi) is 4.14. The summed E-state index contributed by atoms with van der Waals surface area (Å²) < 4.78 is 0. The van der Waals surface area contributed by atoms with Crippen LogP contribution in [0.2, 0.25) is 0 Å². The van der Waals surface area contributed by atoms with Crippen LogP contribution in [0.4, 0.5) is 5.69 Å². The molecule has 9 heteroatoms. The van der Waals surface area contributed by atoms with E-state index in [0.29, 0.717) is 26.8 Å². The Morgan fingerprint density at radius 3 is 2.96 bits per heavy atom. The molecule has 0 fully saturated rings. The number of thiophene rings is 1. The van der Waals surface area contributed by atoms with Gasteiger partial charge in [0, 0.05) is 17.1 Å². The van der Waals surface area contributed by atoms with Gasteiger partial charge in [-0.05, 0) is 25.5 Å². The summed E-state index contributed by atoms with van der Waals surface area (Å²) in [7, 11) is 0. The molecule has 0 saturated carbocycles. The largest absolute Gasteiger partial charge is 0.309 e. The van der Waals surface area contributed by atoms with Crippen molar-refractivity contribution in [3.63, 3.8) is 0 Å². The first-order valence-corrected chi connectivity index (χ1v) is 8.48. The molecule has 0 aliphatic carbocycles. The number of nitrogens with one attached hydrogen (secondary N) is 1. The molecule has 0 unspecified atom stereocenters. The van der Waals surface area contributed by atoms with Crippen molar-refractivity contribution in [2.75, 3.05) is 0 Å². The number of rotatable bonds is 4. The number of aromatic amines is 1. The number of hydrogen-bond donors (Lipinski definition) is 1. The molecule has 0 aliphatic rings. The minimum atomic E-state index is -0.472. The van der Waals surface area contributed by atoms with E-state index in [1.165, 1.54) is 41.4 Å².